The van der Waals surface area contributed by atoms with Gasteiger partial charge in [-0.2, -0.15) is 0 Å². The average Bonchev–Trinajstić information content (AvgIpc) is 2.62. The van der Waals surface area contributed by atoms with Crippen LogP contribution in [0.5, 0.6) is 0 Å². The Balaban J connectivity index is 2.78. The van der Waals surface area contributed by atoms with Crippen molar-refractivity contribution in [2.24, 2.45) is 0 Å². The number of rotatable bonds is 5. The van der Waals surface area contributed by atoms with Gasteiger partial charge < -0.3 is 9.32 Å². The minimum atomic E-state index is -2.57. The molecule has 0 radical (unpaired) electrons. The number of carbonyl (C=O) groups is 1. The van der Waals surface area contributed by atoms with Gasteiger partial charge in [-0.15, -0.1) is 11.6 Å². The lowest BCUT2D eigenvalue weighted by Gasteiger charge is -2.20. The average molecular weight is 252 g/mol. The SMILES string of the molecule is Cc1occc1C(=O)N(CCCl)CC(F)F. The van der Waals surface area contributed by atoms with Crippen LogP contribution in [0.2, 0.25) is 0 Å². The highest BCUT2D eigenvalue weighted by atomic mass is 35.5. The lowest BCUT2D eigenvalue weighted by atomic mass is 10.2. The Labute approximate surface area is 97.0 Å². The molecule has 0 N–H and O–H groups in total. The number of halogens is 3. The Hall–Kier alpha value is -1.10. The van der Waals surface area contributed by atoms with E-state index in [0.29, 0.717) is 11.3 Å². The highest BCUT2D eigenvalue weighted by Crippen LogP contribution is 2.13. The molecule has 0 fully saturated rings. The fourth-order valence-corrected chi connectivity index (χ4v) is 1.53. The van der Waals surface area contributed by atoms with E-state index in [0.717, 1.165) is 4.90 Å². The fourth-order valence-electron chi connectivity index (χ4n) is 1.32. The van der Waals surface area contributed by atoms with Crippen LogP contribution in [0.15, 0.2) is 16.7 Å². The molecule has 0 aromatic carbocycles. The van der Waals surface area contributed by atoms with Crippen LogP contribution in [-0.2, 0) is 0 Å². The van der Waals surface area contributed by atoms with Gasteiger partial charge >= 0.3 is 0 Å². The van der Waals surface area contributed by atoms with Gasteiger partial charge in [-0.25, -0.2) is 8.78 Å². The normalized spacial score (nSPS) is 10.8. The smallest absolute Gasteiger partial charge is 0.257 e. The second-order valence-electron chi connectivity index (χ2n) is 3.22. The number of hydrogen-bond donors (Lipinski definition) is 0. The first kappa shape index (κ1) is 13.0. The number of carbonyl (C=O) groups excluding carboxylic acids is 1. The van der Waals surface area contributed by atoms with E-state index in [1.165, 1.54) is 12.3 Å². The maximum Gasteiger partial charge on any atom is 0.257 e. The highest BCUT2D eigenvalue weighted by molar-refractivity contribution is 6.18. The van der Waals surface area contributed by atoms with Crippen LogP contribution >= 0.6 is 11.6 Å². The van der Waals surface area contributed by atoms with Crippen molar-refractivity contribution >= 4 is 17.5 Å². The van der Waals surface area contributed by atoms with Gasteiger partial charge in [-0.05, 0) is 13.0 Å². The molecule has 0 aliphatic carbocycles. The molecule has 1 aromatic heterocycles. The summed E-state index contributed by atoms with van der Waals surface area (Å²) in [6, 6.07) is 1.46. The molecule has 6 heteroatoms. The molecule has 0 saturated carbocycles. The van der Waals surface area contributed by atoms with E-state index in [1.54, 1.807) is 6.92 Å². The number of hydrogen-bond acceptors (Lipinski definition) is 2. The monoisotopic (exact) mass is 251 g/mol. The molecule has 0 bridgehead atoms. The number of aryl methyl sites for hydroxylation is 1. The van der Waals surface area contributed by atoms with Gasteiger partial charge in [0.25, 0.3) is 12.3 Å². The summed E-state index contributed by atoms with van der Waals surface area (Å²) < 4.78 is 29.5. The maximum absolute atomic E-state index is 12.3. The summed E-state index contributed by atoms with van der Waals surface area (Å²) in [7, 11) is 0. The summed E-state index contributed by atoms with van der Waals surface area (Å²) in [5.74, 6) is 0.0565. The Morgan fingerprint density at radius 3 is 2.75 bits per heavy atom. The van der Waals surface area contributed by atoms with Crippen LogP contribution in [-0.4, -0.2) is 36.2 Å². The van der Waals surface area contributed by atoms with Crippen LogP contribution in [0.4, 0.5) is 8.78 Å². The molecule has 16 heavy (non-hydrogen) atoms. The predicted octanol–water partition coefficient (Wildman–Crippen LogP) is 2.53. The summed E-state index contributed by atoms with van der Waals surface area (Å²) >= 11 is 5.46. The van der Waals surface area contributed by atoms with Gasteiger partial charge in [0.2, 0.25) is 0 Å². The molecule has 1 amide bonds. The first-order valence-corrected chi connectivity index (χ1v) is 5.27. The van der Waals surface area contributed by atoms with Crippen molar-refractivity contribution in [2.75, 3.05) is 19.0 Å². The van der Waals surface area contributed by atoms with E-state index in [-0.39, 0.29) is 12.4 Å². The van der Waals surface area contributed by atoms with Crippen molar-refractivity contribution in [1.82, 2.24) is 4.90 Å². The molecule has 0 spiro atoms. The first-order valence-electron chi connectivity index (χ1n) is 4.73. The Kier molecular flexibility index (Phi) is 4.73. The number of alkyl halides is 3. The summed E-state index contributed by atoms with van der Waals surface area (Å²) in [6.07, 6.45) is -1.22. The van der Waals surface area contributed by atoms with Crippen molar-refractivity contribution in [3.8, 4) is 0 Å². The molecule has 0 aliphatic heterocycles. The molecule has 1 rings (SSSR count). The van der Waals surface area contributed by atoms with Crippen LogP contribution in [0, 0.1) is 6.92 Å². The van der Waals surface area contributed by atoms with Gasteiger partial charge in [-0.1, -0.05) is 0 Å². The topological polar surface area (TPSA) is 33.5 Å². The lowest BCUT2D eigenvalue weighted by Crippen LogP contribution is -2.36. The van der Waals surface area contributed by atoms with Crippen molar-refractivity contribution in [3.05, 3.63) is 23.7 Å². The molecule has 90 valence electrons. The third-order valence-corrected chi connectivity index (χ3v) is 2.26. The Morgan fingerprint density at radius 1 is 1.62 bits per heavy atom. The zero-order chi connectivity index (χ0) is 12.1. The van der Waals surface area contributed by atoms with Crippen LogP contribution in [0.25, 0.3) is 0 Å². The Bertz CT molecular complexity index is 354. The van der Waals surface area contributed by atoms with Gasteiger partial charge in [0.05, 0.1) is 18.4 Å². The van der Waals surface area contributed by atoms with Crippen LogP contribution in [0.1, 0.15) is 16.1 Å². The van der Waals surface area contributed by atoms with Crippen molar-refractivity contribution in [1.29, 1.82) is 0 Å². The summed E-state index contributed by atoms with van der Waals surface area (Å²) in [6.45, 7) is 1.08. The number of amides is 1. The van der Waals surface area contributed by atoms with E-state index in [9.17, 15) is 13.6 Å². The molecule has 1 heterocycles. The van der Waals surface area contributed by atoms with Crippen LogP contribution in [0.3, 0.4) is 0 Å². The first-order chi connectivity index (χ1) is 7.56. The van der Waals surface area contributed by atoms with E-state index >= 15 is 0 Å². The predicted molar refractivity (Wildman–Crippen MR) is 56.1 cm³/mol. The minimum absolute atomic E-state index is 0.0926. The quantitative estimate of drug-likeness (QED) is 0.754. The largest absolute Gasteiger partial charge is 0.469 e. The van der Waals surface area contributed by atoms with E-state index in [2.05, 4.69) is 0 Å². The second-order valence-corrected chi connectivity index (χ2v) is 3.60. The second kappa shape index (κ2) is 5.84. The molecule has 0 saturated heterocycles. The molecule has 3 nitrogen and oxygen atoms in total. The molecular formula is C10H12ClF2NO2. The highest BCUT2D eigenvalue weighted by Gasteiger charge is 2.21. The summed E-state index contributed by atoms with van der Waals surface area (Å²) in [5, 5.41) is 0. The minimum Gasteiger partial charge on any atom is -0.469 e. The molecule has 1 aromatic rings. The van der Waals surface area contributed by atoms with Crippen molar-refractivity contribution in [3.63, 3.8) is 0 Å². The van der Waals surface area contributed by atoms with E-state index in [4.69, 9.17) is 16.0 Å². The third kappa shape index (κ3) is 3.20. The van der Waals surface area contributed by atoms with Gasteiger partial charge in [0.15, 0.2) is 0 Å². The van der Waals surface area contributed by atoms with E-state index < -0.39 is 18.9 Å². The van der Waals surface area contributed by atoms with Gasteiger partial charge in [0, 0.05) is 12.4 Å². The lowest BCUT2D eigenvalue weighted by molar-refractivity contribution is 0.0569. The molecular weight excluding hydrogens is 240 g/mol. The van der Waals surface area contributed by atoms with E-state index in [1.807, 2.05) is 0 Å². The van der Waals surface area contributed by atoms with Crippen LogP contribution < -0.4 is 0 Å². The van der Waals surface area contributed by atoms with Crippen molar-refractivity contribution in [2.45, 2.75) is 13.3 Å². The zero-order valence-corrected chi connectivity index (χ0v) is 9.51. The molecule has 0 unspecified atom stereocenters. The summed E-state index contributed by atoms with van der Waals surface area (Å²) in [5.41, 5.74) is 0.297. The summed E-state index contributed by atoms with van der Waals surface area (Å²) in [4.78, 5) is 12.8. The fraction of sp³-hybridized carbons (Fsp3) is 0.500. The van der Waals surface area contributed by atoms with Crippen molar-refractivity contribution < 1.29 is 18.0 Å². The molecule has 0 aliphatic rings. The van der Waals surface area contributed by atoms with Gasteiger partial charge in [-0.3, -0.25) is 4.79 Å². The maximum atomic E-state index is 12.3. The standard InChI is InChI=1S/C10H12ClF2NO2/c1-7-8(2-5-16-7)10(15)14(4-3-11)6-9(12)13/h2,5,9H,3-4,6H2,1H3. The zero-order valence-electron chi connectivity index (χ0n) is 8.75. The number of furan rings is 1. The third-order valence-electron chi connectivity index (χ3n) is 2.09. The number of nitrogens with zero attached hydrogens (tertiary/aromatic N) is 1. The Morgan fingerprint density at radius 2 is 2.31 bits per heavy atom. The molecule has 0 atom stereocenters. The van der Waals surface area contributed by atoms with Gasteiger partial charge in [0.1, 0.15) is 5.76 Å².